The number of carbonyl (C=O) groups excluding carboxylic acids is 3. The molecule has 1 saturated heterocycles. The number of anilines is 1. The van der Waals surface area contributed by atoms with Crippen molar-refractivity contribution in [2.24, 2.45) is 0 Å². The smallest absolute Gasteiger partial charge is 0.275 e. The molecular weight excluding hydrogens is 410 g/mol. The molecule has 1 aliphatic heterocycles. The van der Waals surface area contributed by atoms with Gasteiger partial charge in [0.2, 0.25) is 11.8 Å². The van der Waals surface area contributed by atoms with Gasteiger partial charge in [0.15, 0.2) is 0 Å². The third-order valence-electron chi connectivity index (χ3n) is 5.75. The van der Waals surface area contributed by atoms with Gasteiger partial charge < -0.3 is 5.32 Å². The lowest BCUT2D eigenvalue weighted by molar-refractivity contribution is -0.138. The number of rotatable bonds is 6. The summed E-state index contributed by atoms with van der Waals surface area (Å²) < 4.78 is 0. The second-order valence-corrected chi connectivity index (χ2v) is 8.58. The maximum absolute atomic E-state index is 12.6. The van der Waals surface area contributed by atoms with Gasteiger partial charge in [-0.3, -0.25) is 19.7 Å². The molecule has 0 aliphatic carbocycles. The van der Waals surface area contributed by atoms with E-state index < -0.39 is 5.41 Å². The number of nitrogens with zero attached hydrogens (tertiary/aromatic N) is 1. The average molecular weight is 434 g/mol. The average Bonchev–Trinajstić information content (AvgIpc) is 3.24. The third-order valence-corrected chi connectivity index (χ3v) is 6.60. The number of thiazole rings is 1. The Hall–Kier alpha value is -3.32. The fourth-order valence-corrected chi connectivity index (χ4v) is 4.71. The fraction of sp³-hybridized carbons (Fsp3) is 0.250. The first-order valence-corrected chi connectivity index (χ1v) is 11.1. The molecule has 2 aromatic carbocycles. The molecule has 158 valence electrons. The van der Waals surface area contributed by atoms with Gasteiger partial charge in [-0.15, -0.1) is 11.3 Å². The molecule has 1 aliphatic rings. The normalized spacial score (nSPS) is 18.5. The molecule has 7 heteroatoms. The van der Waals surface area contributed by atoms with Crippen LogP contribution >= 0.6 is 11.3 Å². The first kappa shape index (κ1) is 20.9. The van der Waals surface area contributed by atoms with Gasteiger partial charge in [0.1, 0.15) is 5.69 Å². The van der Waals surface area contributed by atoms with Gasteiger partial charge in [-0.25, -0.2) is 4.98 Å². The molecule has 0 bridgehead atoms. The van der Waals surface area contributed by atoms with Crippen molar-refractivity contribution in [1.29, 1.82) is 0 Å². The van der Waals surface area contributed by atoms with Gasteiger partial charge in [-0.2, -0.15) is 0 Å². The Balaban J connectivity index is 1.44. The zero-order valence-electron chi connectivity index (χ0n) is 17.2. The minimum absolute atomic E-state index is 0.229. The molecule has 2 N–H and O–H groups in total. The summed E-state index contributed by atoms with van der Waals surface area (Å²) in [6.45, 7) is 1.94. The van der Waals surface area contributed by atoms with Gasteiger partial charge >= 0.3 is 0 Å². The summed E-state index contributed by atoms with van der Waals surface area (Å²) in [6, 6.07) is 17.3. The van der Waals surface area contributed by atoms with Crippen LogP contribution in [0.5, 0.6) is 0 Å². The summed E-state index contributed by atoms with van der Waals surface area (Å²) >= 11 is 1.46. The number of benzene rings is 2. The van der Waals surface area contributed by atoms with Crippen molar-refractivity contribution in [1.82, 2.24) is 10.3 Å². The van der Waals surface area contributed by atoms with E-state index in [0.717, 1.165) is 16.1 Å². The van der Waals surface area contributed by atoms with Crippen molar-refractivity contribution in [2.75, 3.05) is 5.32 Å². The number of nitrogens with one attached hydrogen (secondary N) is 2. The Morgan fingerprint density at radius 1 is 1.13 bits per heavy atom. The molecule has 0 radical (unpaired) electrons. The maximum atomic E-state index is 12.6. The summed E-state index contributed by atoms with van der Waals surface area (Å²) in [6.07, 6.45) is 2.11. The van der Waals surface area contributed by atoms with E-state index >= 15 is 0 Å². The molecule has 0 saturated carbocycles. The standard InChI is InChI=1S/C24H23N3O3S/c1-2-24(13-12-20(28)27-23(24)30)17-8-10-18(11-9-17)25-22(29)19-15-31-21(26-19)14-16-6-4-3-5-7-16/h3-11,15H,2,12-14H2,1H3,(H,25,29)(H,27,28,30). The molecule has 2 heterocycles. The number of piperidine rings is 1. The highest BCUT2D eigenvalue weighted by Gasteiger charge is 2.42. The van der Waals surface area contributed by atoms with E-state index in [2.05, 4.69) is 15.6 Å². The molecule has 6 nitrogen and oxygen atoms in total. The molecule has 0 spiro atoms. The Kier molecular flexibility index (Phi) is 5.95. The SMILES string of the molecule is CCC1(c2ccc(NC(=O)c3csc(Cc4ccccc4)n3)cc2)CCC(=O)NC1=O. The zero-order chi connectivity index (χ0) is 21.8. The Morgan fingerprint density at radius 3 is 2.55 bits per heavy atom. The third kappa shape index (κ3) is 4.41. The second-order valence-electron chi connectivity index (χ2n) is 7.63. The Labute approximate surface area is 184 Å². The number of amides is 3. The first-order valence-electron chi connectivity index (χ1n) is 10.2. The van der Waals surface area contributed by atoms with E-state index in [-0.39, 0.29) is 17.7 Å². The summed E-state index contributed by atoms with van der Waals surface area (Å²) in [5.74, 6) is -0.751. The first-order chi connectivity index (χ1) is 15.0. The zero-order valence-corrected chi connectivity index (χ0v) is 18.0. The van der Waals surface area contributed by atoms with Gasteiger partial charge in [0.05, 0.1) is 10.4 Å². The Morgan fingerprint density at radius 2 is 1.87 bits per heavy atom. The fourth-order valence-electron chi connectivity index (χ4n) is 3.90. The van der Waals surface area contributed by atoms with Crippen molar-refractivity contribution in [3.8, 4) is 0 Å². The van der Waals surface area contributed by atoms with Crippen LogP contribution in [-0.4, -0.2) is 22.7 Å². The minimum Gasteiger partial charge on any atom is -0.321 e. The predicted molar refractivity (Wildman–Crippen MR) is 120 cm³/mol. The quantitative estimate of drug-likeness (QED) is 0.574. The van der Waals surface area contributed by atoms with Gasteiger partial charge in [0, 0.05) is 23.9 Å². The van der Waals surface area contributed by atoms with Gasteiger partial charge in [0.25, 0.3) is 5.91 Å². The molecule has 1 atom stereocenters. The maximum Gasteiger partial charge on any atom is 0.275 e. The van der Waals surface area contributed by atoms with Crippen LogP contribution in [0.3, 0.4) is 0 Å². The summed E-state index contributed by atoms with van der Waals surface area (Å²) in [5, 5.41) is 7.96. The topological polar surface area (TPSA) is 88.2 Å². The van der Waals surface area contributed by atoms with Crippen LogP contribution in [0.15, 0.2) is 60.0 Å². The van der Waals surface area contributed by atoms with Gasteiger partial charge in [-0.05, 0) is 36.1 Å². The molecule has 3 amide bonds. The second kappa shape index (κ2) is 8.81. The van der Waals surface area contributed by atoms with E-state index in [1.165, 1.54) is 11.3 Å². The highest BCUT2D eigenvalue weighted by atomic mass is 32.1. The number of hydrogen-bond donors (Lipinski definition) is 2. The van der Waals surface area contributed by atoms with E-state index in [9.17, 15) is 14.4 Å². The monoisotopic (exact) mass is 433 g/mol. The van der Waals surface area contributed by atoms with Crippen LogP contribution in [-0.2, 0) is 21.4 Å². The molecule has 1 fully saturated rings. The van der Waals surface area contributed by atoms with Crippen molar-refractivity contribution < 1.29 is 14.4 Å². The summed E-state index contributed by atoms with van der Waals surface area (Å²) in [5.41, 5.74) is 2.30. The van der Waals surface area contributed by atoms with Crippen molar-refractivity contribution in [3.05, 3.63) is 81.8 Å². The van der Waals surface area contributed by atoms with Crippen LogP contribution < -0.4 is 10.6 Å². The highest BCUT2D eigenvalue weighted by Crippen LogP contribution is 2.36. The number of hydrogen-bond acceptors (Lipinski definition) is 5. The van der Waals surface area contributed by atoms with E-state index in [0.29, 0.717) is 37.1 Å². The predicted octanol–water partition coefficient (Wildman–Crippen LogP) is 4.07. The molecule has 4 rings (SSSR count). The minimum atomic E-state index is -0.711. The van der Waals surface area contributed by atoms with E-state index in [1.54, 1.807) is 17.5 Å². The molecular formula is C24H23N3O3S. The molecule has 31 heavy (non-hydrogen) atoms. The summed E-state index contributed by atoms with van der Waals surface area (Å²) in [7, 11) is 0. The largest absolute Gasteiger partial charge is 0.321 e. The molecule has 3 aromatic rings. The van der Waals surface area contributed by atoms with Crippen LogP contribution in [0.1, 0.15) is 52.8 Å². The van der Waals surface area contributed by atoms with Crippen LogP contribution in [0.25, 0.3) is 0 Å². The highest BCUT2D eigenvalue weighted by molar-refractivity contribution is 7.09. The lowest BCUT2D eigenvalue weighted by Gasteiger charge is -2.35. The van der Waals surface area contributed by atoms with Crippen LogP contribution in [0.4, 0.5) is 5.69 Å². The number of aromatic nitrogens is 1. The Bertz CT molecular complexity index is 1110. The van der Waals surface area contributed by atoms with Crippen LogP contribution in [0, 0.1) is 0 Å². The number of imide groups is 1. The van der Waals surface area contributed by atoms with Crippen molar-refractivity contribution >= 4 is 34.7 Å². The van der Waals surface area contributed by atoms with Gasteiger partial charge in [-0.1, -0.05) is 49.4 Å². The lowest BCUT2D eigenvalue weighted by atomic mass is 9.72. The van der Waals surface area contributed by atoms with E-state index in [4.69, 9.17) is 0 Å². The van der Waals surface area contributed by atoms with Crippen molar-refractivity contribution in [2.45, 2.75) is 38.0 Å². The lowest BCUT2D eigenvalue weighted by Crippen LogP contribution is -2.51. The molecule has 1 aromatic heterocycles. The molecule has 1 unspecified atom stereocenters. The van der Waals surface area contributed by atoms with E-state index in [1.807, 2.05) is 49.4 Å². The van der Waals surface area contributed by atoms with Crippen molar-refractivity contribution in [3.63, 3.8) is 0 Å². The van der Waals surface area contributed by atoms with Crippen LogP contribution in [0.2, 0.25) is 0 Å². The number of carbonyl (C=O) groups is 3. The summed E-state index contributed by atoms with van der Waals surface area (Å²) in [4.78, 5) is 41.1.